The molecule has 0 heterocycles. The average Bonchev–Trinajstić information content (AvgIpc) is 2.47. The van der Waals surface area contributed by atoms with Crippen molar-refractivity contribution in [2.45, 2.75) is 58.6 Å². The van der Waals surface area contributed by atoms with Gasteiger partial charge in [-0.3, -0.25) is 4.79 Å². The van der Waals surface area contributed by atoms with Gasteiger partial charge in [0, 0.05) is 5.71 Å². The van der Waals surface area contributed by atoms with Crippen molar-refractivity contribution in [2.24, 2.45) is 4.40 Å². The van der Waals surface area contributed by atoms with Gasteiger partial charge in [0.1, 0.15) is 0 Å². The van der Waals surface area contributed by atoms with E-state index in [9.17, 15) is 13.2 Å². The lowest BCUT2D eigenvalue weighted by Gasteiger charge is -2.15. The van der Waals surface area contributed by atoms with Crippen molar-refractivity contribution < 1.29 is 22.7 Å². The normalized spacial score (nSPS) is 12.8. The van der Waals surface area contributed by atoms with E-state index in [1.807, 2.05) is 0 Å². The monoisotopic (exact) mass is 369 g/mol. The summed E-state index contributed by atoms with van der Waals surface area (Å²) in [6, 6.07) is 6.89. The summed E-state index contributed by atoms with van der Waals surface area (Å²) in [5.41, 5.74) is 0.185. The van der Waals surface area contributed by atoms with Crippen molar-refractivity contribution >= 4 is 21.7 Å². The van der Waals surface area contributed by atoms with Crippen molar-refractivity contribution in [2.75, 3.05) is 6.61 Å². The highest BCUT2D eigenvalue weighted by atomic mass is 32.2. The molecule has 0 aromatic heterocycles. The molecule has 25 heavy (non-hydrogen) atoms. The quantitative estimate of drug-likeness (QED) is 0.302. The predicted molar refractivity (Wildman–Crippen MR) is 98.9 cm³/mol. The zero-order valence-corrected chi connectivity index (χ0v) is 16.4. The Morgan fingerprint density at radius 2 is 1.76 bits per heavy atom. The highest BCUT2D eigenvalue weighted by molar-refractivity contribution is 7.91. The van der Waals surface area contributed by atoms with Crippen molar-refractivity contribution in [3.63, 3.8) is 0 Å². The molecule has 1 rings (SSSR count). The Kier molecular flexibility index (Phi) is 7.60. The molecule has 1 aromatic rings. The molecule has 0 amide bonds. The minimum absolute atomic E-state index is 0.185. The summed E-state index contributed by atoms with van der Waals surface area (Å²) >= 11 is 0. The zero-order chi connectivity index (χ0) is 19.1. The van der Waals surface area contributed by atoms with Crippen LogP contribution in [-0.4, -0.2) is 31.5 Å². The summed E-state index contributed by atoms with van der Waals surface area (Å²) < 4.78 is 37.7. The van der Waals surface area contributed by atoms with Gasteiger partial charge in [-0.1, -0.05) is 25.5 Å². The summed E-state index contributed by atoms with van der Waals surface area (Å²) in [5.74, 6) is 0.216. The number of ether oxygens (including phenoxy) is 2. The van der Waals surface area contributed by atoms with Crippen LogP contribution in [0.2, 0.25) is 0 Å². The number of rotatable bonds is 8. The number of hydrogen-bond acceptors (Lipinski definition) is 5. The van der Waals surface area contributed by atoms with Gasteiger partial charge in [0.05, 0.1) is 17.8 Å². The lowest BCUT2D eigenvalue weighted by molar-refractivity contribution is -0.133. The van der Waals surface area contributed by atoms with Crippen LogP contribution in [0, 0.1) is 0 Å². The molecule has 0 N–H and O–H groups in total. The highest BCUT2D eigenvalue weighted by Crippen LogP contribution is 2.27. The van der Waals surface area contributed by atoms with Gasteiger partial charge in [-0.25, -0.2) is 8.42 Å². The summed E-state index contributed by atoms with van der Waals surface area (Å²) in [7, 11) is -3.68. The number of hydrogen-bond donors (Lipinski definition) is 0. The smallest absolute Gasteiger partial charge is 0.317 e. The minimum Gasteiger partial charge on any atom is -0.490 e. The summed E-state index contributed by atoms with van der Waals surface area (Å²) in [4.78, 5) is 12.1. The van der Waals surface area contributed by atoms with Gasteiger partial charge in [0.25, 0.3) is 10.0 Å². The second-order valence-corrected chi connectivity index (χ2v) is 9.07. The van der Waals surface area contributed by atoms with E-state index in [0.717, 1.165) is 12.8 Å². The molecule has 0 aliphatic carbocycles. The van der Waals surface area contributed by atoms with Gasteiger partial charge >= 0.3 is 5.97 Å². The Hall–Kier alpha value is -1.89. The number of unbranched alkanes of at least 4 members (excludes halogenated alkanes) is 1. The van der Waals surface area contributed by atoms with Crippen molar-refractivity contribution in [3.8, 4) is 11.5 Å². The van der Waals surface area contributed by atoms with E-state index in [2.05, 4.69) is 11.3 Å². The molecule has 6 nitrogen and oxygen atoms in total. The molecular formula is C18H27NO5S. The number of benzene rings is 1. The van der Waals surface area contributed by atoms with E-state index in [1.54, 1.807) is 45.0 Å². The molecule has 0 aliphatic heterocycles. The number of esters is 1. The molecule has 0 fully saturated rings. The zero-order valence-electron chi connectivity index (χ0n) is 15.5. The molecule has 0 unspecified atom stereocenters. The van der Waals surface area contributed by atoms with E-state index in [4.69, 9.17) is 9.47 Å². The number of sulfonamides is 1. The third kappa shape index (κ3) is 6.86. The van der Waals surface area contributed by atoms with Crippen molar-refractivity contribution in [1.82, 2.24) is 0 Å². The highest BCUT2D eigenvalue weighted by Gasteiger charge is 2.28. The Balaban J connectivity index is 2.78. The van der Waals surface area contributed by atoms with Gasteiger partial charge < -0.3 is 9.47 Å². The lowest BCUT2D eigenvalue weighted by Crippen LogP contribution is -2.27. The first-order chi connectivity index (χ1) is 11.6. The van der Waals surface area contributed by atoms with Gasteiger partial charge in [0.2, 0.25) is 0 Å². The maximum Gasteiger partial charge on any atom is 0.317 e. The largest absolute Gasteiger partial charge is 0.490 e. The van der Waals surface area contributed by atoms with Crippen LogP contribution in [0.15, 0.2) is 28.7 Å². The fraction of sp³-hybridized carbons (Fsp3) is 0.556. The van der Waals surface area contributed by atoms with E-state index in [1.165, 1.54) is 6.92 Å². The second kappa shape index (κ2) is 8.99. The molecule has 0 saturated carbocycles. The van der Waals surface area contributed by atoms with Crippen LogP contribution in [-0.2, 0) is 14.8 Å². The second-order valence-electron chi connectivity index (χ2n) is 6.71. The van der Waals surface area contributed by atoms with Crippen LogP contribution in [0.5, 0.6) is 11.5 Å². The Bertz CT molecular complexity index is 717. The molecule has 0 bridgehead atoms. The first-order valence-corrected chi connectivity index (χ1v) is 9.73. The SMILES string of the molecule is CCCCOc1ccccc1OC(=O)CC(C)=NS(=O)(=O)C(C)(C)C. The molecule has 0 spiro atoms. The predicted octanol–water partition coefficient (Wildman–Crippen LogP) is 3.75. The lowest BCUT2D eigenvalue weighted by atomic mass is 10.3. The molecular weight excluding hydrogens is 342 g/mol. The van der Waals surface area contributed by atoms with E-state index in [0.29, 0.717) is 18.1 Å². The van der Waals surface area contributed by atoms with E-state index >= 15 is 0 Å². The third-order valence-electron chi connectivity index (χ3n) is 3.28. The number of carbonyl (C=O) groups is 1. The molecule has 1 aromatic carbocycles. The maximum absolute atomic E-state index is 12.1. The fourth-order valence-corrected chi connectivity index (χ4v) is 2.47. The Morgan fingerprint density at radius 1 is 1.16 bits per heavy atom. The van der Waals surface area contributed by atoms with Crippen LogP contribution in [0.25, 0.3) is 0 Å². The fourth-order valence-electron chi connectivity index (χ4n) is 1.72. The summed E-state index contributed by atoms with van der Waals surface area (Å²) in [6.45, 7) is 8.76. The van der Waals surface area contributed by atoms with Gasteiger partial charge in [-0.05, 0) is 46.2 Å². The van der Waals surface area contributed by atoms with E-state index < -0.39 is 20.7 Å². The molecule has 7 heteroatoms. The molecule has 140 valence electrons. The molecule has 0 aliphatic rings. The molecule has 0 saturated heterocycles. The van der Waals surface area contributed by atoms with Gasteiger partial charge in [0.15, 0.2) is 11.5 Å². The Labute approximate surface area is 150 Å². The molecule has 0 radical (unpaired) electrons. The first kappa shape index (κ1) is 21.2. The van der Waals surface area contributed by atoms with Crippen LogP contribution < -0.4 is 9.47 Å². The number of carbonyl (C=O) groups excluding carboxylic acids is 1. The molecule has 0 atom stereocenters. The van der Waals surface area contributed by atoms with Crippen LogP contribution >= 0.6 is 0 Å². The Morgan fingerprint density at radius 3 is 2.32 bits per heavy atom. The third-order valence-corrected chi connectivity index (χ3v) is 5.38. The van der Waals surface area contributed by atoms with Crippen LogP contribution in [0.3, 0.4) is 0 Å². The number of para-hydroxylation sites is 2. The number of nitrogens with zero attached hydrogens (tertiary/aromatic N) is 1. The van der Waals surface area contributed by atoms with Crippen molar-refractivity contribution in [1.29, 1.82) is 0 Å². The standard InChI is InChI=1S/C18H27NO5S/c1-6-7-12-23-15-10-8-9-11-16(15)24-17(20)13-14(2)19-25(21,22)18(3,4)5/h8-11H,6-7,12-13H2,1-5H3. The first-order valence-electron chi connectivity index (χ1n) is 8.29. The topological polar surface area (TPSA) is 82.0 Å². The van der Waals surface area contributed by atoms with E-state index in [-0.39, 0.29) is 12.1 Å². The van der Waals surface area contributed by atoms with Gasteiger partial charge in [-0.2, -0.15) is 4.40 Å². The summed E-state index contributed by atoms with van der Waals surface area (Å²) in [5, 5.41) is 0. The van der Waals surface area contributed by atoms with Crippen LogP contribution in [0.1, 0.15) is 53.9 Å². The minimum atomic E-state index is -3.68. The summed E-state index contributed by atoms with van der Waals surface area (Å²) in [6.07, 6.45) is 1.69. The van der Waals surface area contributed by atoms with Crippen molar-refractivity contribution in [3.05, 3.63) is 24.3 Å². The van der Waals surface area contributed by atoms with Gasteiger partial charge in [-0.15, -0.1) is 0 Å². The average molecular weight is 369 g/mol. The maximum atomic E-state index is 12.1. The van der Waals surface area contributed by atoms with Crippen LogP contribution in [0.4, 0.5) is 0 Å².